The first-order valence-corrected chi connectivity index (χ1v) is 15.0. The molecule has 8 nitrogen and oxygen atoms in total. The summed E-state index contributed by atoms with van der Waals surface area (Å²) in [5.41, 5.74) is 1.08. The number of halogens is 3. The number of benzene rings is 3. The van der Waals surface area contributed by atoms with Crippen LogP contribution in [0, 0.1) is 6.92 Å². The van der Waals surface area contributed by atoms with Crippen LogP contribution in [0.15, 0.2) is 78.9 Å². The van der Waals surface area contributed by atoms with Crippen LogP contribution in [0.4, 0.5) is 23.7 Å². The van der Waals surface area contributed by atoms with Crippen LogP contribution in [-0.2, 0) is 28.7 Å². The van der Waals surface area contributed by atoms with Gasteiger partial charge >= 0.3 is 12.2 Å². The maximum atomic E-state index is 13.8. The Kier molecular flexibility index (Phi) is 10.3. The number of anilines is 1. The third-order valence-electron chi connectivity index (χ3n) is 7.52. The van der Waals surface area contributed by atoms with Crippen molar-refractivity contribution in [2.75, 3.05) is 11.2 Å². The number of alkyl halides is 3. The molecule has 1 heterocycles. The lowest BCUT2D eigenvalue weighted by molar-refractivity contribution is -0.147. The largest absolute Gasteiger partial charge is 0.418 e. The number of thioether (sulfide) groups is 1. The van der Waals surface area contributed by atoms with Crippen molar-refractivity contribution in [3.8, 4) is 0 Å². The molecule has 12 heteroatoms. The van der Waals surface area contributed by atoms with E-state index in [2.05, 4.69) is 16.0 Å². The fourth-order valence-electron chi connectivity index (χ4n) is 5.12. The molecule has 3 aromatic carbocycles. The molecule has 0 saturated carbocycles. The Morgan fingerprint density at radius 1 is 1.00 bits per heavy atom. The van der Waals surface area contributed by atoms with E-state index in [1.54, 1.807) is 30.3 Å². The van der Waals surface area contributed by atoms with Gasteiger partial charge in [-0.2, -0.15) is 13.2 Å². The predicted octanol–water partition coefficient (Wildman–Crippen LogP) is 5.10. The number of aliphatic hydroxyl groups is 1. The summed E-state index contributed by atoms with van der Waals surface area (Å²) in [6.07, 6.45) is -6.52. The van der Waals surface area contributed by atoms with Gasteiger partial charge in [0.2, 0.25) is 5.91 Å². The number of hydrogen-bond donors (Lipinski definition) is 4. The van der Waals surface area contributed by atoms with Gasteiger partial charge in [-0.3, -0.25) is 9.59 Å². The summed E-state index contributed by atoms with van der Waals surface area (Å²) in [5, 5.41) is 19.0. The van der Waals surface area contributed by atoms with Crippen LogP contribution in [0.1, 0.15) is 36.1 Å². The summed E-state index contributed by atoms with van der Waals surface area (Å²) < 4.78 is 39.8. The zero-order valence-corrected chi connectivity index (χ0v) is 25.3. The number of carbonyl (C=O) groups excluding carboxylic acids is 3. The van der Waals surface area contributed by atoms with E-state index < -0.39 is 58.2 Å². The second-order valence-electron chi connectivity index (χ2n) is 11.1. The third-order valence-corrected chi connectivity index (χ3v) is 8.90. The molecule has 0 unspecified atom stereocenters. The molecule has 1 fully saturated rings. The van der Waals surface area contributed by atoms with Crippen LogP contribution in [0.2, 0.25) is 0 Å². The number of nitrogens with one attached hydrogen (secondary N) is 3. The number of nitrogens with zero attached hydrogens (tertiary/aromatic N) is 1. The number of hydrogen-bond acceptors (Lipinski definition) is 5. The lowest BCUT2D eigenvalue weighted by Gasteiger charge is -2.33. The summed E-state index contributed by atoms with van der Waals surface area (Å²) in [6, 6.07) is 17.6. The maximum Gasteiger partial charge on any atom is 0.418 e. The van der Waals surface area contributed by atoms with Gasteiger partial charge in [0.25, 0.3) is 5.91 Å². The molecule has 1 aliphatic rings. The summed E-state index contributed by atoms with van der Waals surface area (Å²) in [6.45, 7) is 5.85. The first-order chi connectivity index (χ1) is 20.8. The molecule has 4 rings (SSSR count). The molecule has 3 aromatic rings. The number of carbonyl (C=O) groups is 3. The molecule has 0 radical (unpaired) electrons. The lowest BCUT2D eigenvalue weighted by atomic mass is 9.97. The standard InChI is InChI=1S/C32H35F3N4O4S/c1-20-11-7-8-14-22(20)18-36-28(41)27-31(2,3)44-19-39(27)29(42)26(40)25(17-21-12-5-4-6-13-21)38-30(43)37-24-16-10-9-15-23(24)32(33,34)35/h4-16,25-27,40H,17-19H2,1-3H3,(H,36,41)(H2,37,38,43)/t25-,26-,27+/m0/s1. The molecular formula is C32H35F3N4O4S. The molecule has 0 aromatic heterocycles. The monoisotopic (exact) mass is 628 g/mol. The summed E-state index contributed by atoms with van der Waals surface area (Å²) >= 11 is 1.38. The van der Waals surface area contributed by atoms with Crippen molar-refractivity contribution >= 4 is 35.3 Å². The quantitative estimate of drug-likeness (QED) is 0.264. The zero-order valence-electron chi connectivity index (χ0n) is 24.5. The molecule has 0 spiro atoms. The number of amides is 4. The van der Waals surface area contributed by atoms with Gasteiger partial charge in [0.15, 0.2) is 6.10 Å². The highest BCUT2D eigenvalue weighted by Crippen LogP contribution is 2.40. The molecule has 4 N–H and O–H groups in total. The molecule has 3 atom stereocenters. The molecule has 1 aliphatic heterocycles. The van der Waals surface area contributed by atoms with Crippen molar-refractivity contribution in [2.24, 2.45) is 0 Å². The van der Waals surface area contributed by atoms with Crippen molar-refractivity contribution < 1.29 is 32.7 Å². The van der Waals surface area contributed by atoms with E-state index in [-0.39, 0.29) is 18.8 Å². The van der Waals surface area contributed by atoms with E-state index in [1.165, 1.54) is 28.8 Å². The van der Waals surface area contributed by atoms with Crippen LogP contribution in [-0.4, -0.2) is 56.7 Å². The highest BCUT2D eigenvalue weighted by Gasteiger charge is 2.49. The number of para-hydroxylation sites is 1. The van der Waals surface area contributed by atoms with Crippen LogP contribution in [0.25, 0.3) is 0 Å². The van der Waals surface area contributed by atoms with Gasteiger partial charge in [-0.15, -0.1) is 11.8 Å². The topological polar surface area (TPSA) is 111 Å². The summed E-state index contributed by atoms with van der Waals surface area (Å²) in [5.74, 6) is -1.05. The normalized spacial score (nSPS) is 17.4. The number of rotatable bonds is 9. The molecule has 1 saturated heterocycles. The zero-order chi connectivity index (χ0) is 32.1. The smallest absolute Gasteiger partial charge is 0.381 e. The van der Waals surface area contributed by atoms with E-state index >= 15 is 0 Å². The van der Waals surface area contributed by atoms with Gasteiger partial charge in [0.1, 0.15) is 6.04 Å². The van der Waals surface area contributed by atoms with Crippen LogP contribution in [0.5, 0.6) is 0 Å². The van der Waals surface area contributed by atoms with Crippen molar-refractivity contribution in [3.05, 3.63) is 101 Å². The van der Waals surface area contributed by atoms with E-state index in [0.29, 0.717) is 5.56 Å². The predicted molar refractivity (Wildman–Crippen MR) is 164 cm³/mol. The molecular weight excluding hydrogens is 593 g/mol. The van der Waals surface area contributed by atoms with Crippen molar-refractivity contribution in [2.45, 2.75) is 62.8 Å². The SMILES string of the molecule is Cc1ccccc1CNC(=O)[C@H]1N(C(=O)[C@@H](O)[C@H](Cc2ccccc2)NC(=O)Nc2ccccc2C(F)(F)F)CSC1(C)C. The van der Waals surface area contributed by atoms with E-state index in [1.807, 2.05) is 45.0 Å². The average molecular weight is 629 g/mol. The molecule has 4 amide bonds. The van der Waals surface area contributed by atoms with Crippen LogP contribution in [0.3, 0.4) is 0 Å². The van der Waals surface area contributed by atoms with Gasteiger partial charge in [0, 0.05) is 11.3 Å². The minimum atomic E-state index is -4.71. The number of aryl methyl sites for hydroxylation is 1. The summed E-state index contributed by atoms with van der Waals surface area (Å²) in [4.78, 5) is 41.5. The molecule has 0 bridgehead atoms. The van der Waals surface area contributed by atoms with Gasteiger partial charge in [-0.05, 0) is 56.0 Å². The van der Waals surface area contributed by atoms with Gasteiger partial charge in [-0.25, -0.2) is 4.79 Å². The van der Waals surface area contributed by atoms with E-state index in [0.717, 1.165) is 23.3 Å². The Hall–Kier alpha value is -4.03. The Labute approximate surface area is 258 Å². The number of urea groups is 1. The van der Waals surface area contributed by atoms with Gasteiger partial charge in [0.05, 0.1) is 23.2 Å². The highest BCUT2D eigenvalue weighted by atomic mass is 32.2. The Balaban J connectivity index is 1.54. The fourth-order valence-corrected chi connectivity index (χ4v) is 6.26. The number of aliphatic hydroxyl groups excluding tert-OH is 1. The molecule has 0 aliphatic carbocycles. The Morgan fingerprint density at radius 2 is 1.64 bits per heavy atom. The first-order valence-electron chi connectivity index (χ1n) is 14.0. The Morgan fingerprint density at radius 3 is 2.32 bits per heavy atom. The second-order valence-corrected chi connectivity index (χ2v) is 12.7. The van der Waals surface area contributed by atoms with Gasteiger partial charge < -0.3 is 26.0 Å². The minimum absolute atomic E-state index is 0.00337. The minimum Gasteiger partial charge on any atom is -0.381 e. The van der Waals surface area contributed by atoms with Crippen molar-refractivity contribution in [1.29, 1.82) is 0 Å². The highest BCUT2D eigenvalue weighted by molar-refractivity contribution is 8.00. The first kappa shape index (κ1) is 32.9. The van der Waals surface area contributed by atoms with Gasteiger partial charge in [-0.1, -0.05) is 66.7 Å². The average Bonchev–Trinajstić information content (AvgIpc) is 3.30. The van der Waals surface area contributed by atoms with E-state index in [9.17, 15) is 32.7 Å². The van der Waals surface area contributed by atoms with Crippen LogP contribution >= 0.6 is 11.8 Å². The Bertz CT molecular complexity index is 1490. The summed E-state index contributed by atoms with van der Waals surface area (Å²) in [7, 11) is 0. The molecule has 44 heavy (non-hydrogen) atoms. The fraction of sp³-hybridized carbons (Fsp3) is 0.344. The third kappa shape index (κ3) is 7.92. The maximum absolute atomic E-state index is 13.8. The van der Waals surface area contributed by atoms with E-state index in [4.69, 9.17) is 0 Å². The molecule has 234 valence electrons. The van der Waals surface area contributed by atoms with Crippen molar-refractivity contribution in [3.63, 3.8) is 0 Å². The lowest BCUT2D eigenvalue weighted by Crippen LogP contribution is -2.59. The second kappa shape index (κ2) is 13.7. The van der Waals surface area contributed by atoms with Crippen molar-refractivity contribution in [1.82, 2.24) is 15.5 Å². The van der Waals surface area contributed by atoms with Crippen LogP contribution < -0.4 is 16.0 Å².